The molecule has 0 aliphatic heterocycles. The first-order valence-electron chi connectivity index (χ1n) is 11.9. The zero-order valence-corrected chi connectivity index (χ0v) is 19.5. The number of hydrogen-bond donors (Lipinski definition) is 0. The van der Waals surface area contributed by atoms with Gasteiger partial charge in [-0.05, 0) is 51.1 Å². The molecular formula is C35H26. The van der Waals surface area contributed by atoms with E-state index in [1.165, 1.54) is 11.1 Å². The molecular weight excluding hydrogens is 420 g/mol. The molecule has 35 heavy (non-hydrogen) atoms. The van der Waals surface area contributed by atoms with Crippen molar-refractivity contribution < 1.29 is 0 Å². The van der Waals surface area contributed by atoms with Crippen LogP contribution in [0.4, 0.5) is 0 Å². The largest absolute Gasteiger partial charge is 0.111 e. The van der Waals surface area contributed by atoms with Gasteiger partial charge in [-0.2, -0.15) is 0 Å². The molecule has 5 rings (SSSR count). The Labute approximate surface area is 207 Å². The minimum absolute atomic E-state index is 1.06. The fourth-order valence-electron chi connectivity index (χ4n) is 4.11. The summed E-state index contributed by atoms with van der Waals surface area (Å²) in [7, 11) is 0. The first-order chi connectivity index (χ1) is 17.4. The molecule has 0 saturated heterocycles. The van der Waals surface area contributed by atoms with Gasteiger partial charge in [-0.3, -0.25) is 0 Å². The Morgan fingerprint density at radius 3 is 1.51 bits per heavy atom. The maximum Gasteiger partial charge on any atom is 0.0315 e. The topological polar surface area (TPSA) is 0 Å². The molecule has 0 nitrogen and oxygen atoms in total. The number of benzene rings is 5. The fourth-order valence-corrected chi connectivity index (χ4v) is 4.11. The van der Waals surface area contributed by atoms with E-state index in [4.69, 9.17) is 0 Å². The van der Waals surface area contributed by atoms with Crippen molar-refractivity contribution in [2.24, 2.45) is 0 Å². The maximum absolute atomic E-state index is 3.65. The third-order valence-electron chi connectivity index (χ3n) is 5.93. The molecule has 0 unspecified atom stereocenters. The predicted octanol–water partition coefficient (Wildman–Crippen LogP) is 9.29. The van der Waals surface area contributed by atoms with Crippen molar-refractivity contribution in [1.82, 2.24) is 0 Å². The molecule has 0 amide bonds. The Balaban J connectivity index is 1.62. The summed E-state index contributed by atoms with van der Waals surface area (Å²) < 4.78 is 0. The summed E-state index contributed by atoms with van der Waals surface area (Å²) in [6.45, 7) is 0. The second-order valence-corrected chi connectivity index (χ2v) is 8.35. The van der Waals surface area contributed by atoms with Crippen LogP contribution >= 0.6 is 0 Å². The highest BCUT2D eigenvalue weighted by Crippen LogP contribution is 2.32. The van der Waals surface area contributed by atoms with Crippen LogP contribution in [0.3, 0.4) is 0 Å². The number of allylic oxidation sites excluding steroid dienone is 2. The minimum atomic E-state index is 1.06. The molecule has 0 saturated carbocycles. The summed E-state index contributed by atoms with van der Waals surface area (Å²) in [6, 6.07) is 50.6. The van der Waals surface area contributed by atoms with E-state index < -0.39 is 0 Å². The van der Waals surface area contributed by atoms with Gasteiger partial charge in [0.2, 0.25) is 0 Å². The predicted molar refractivity (Wildman–Crippen MR) is 150 cm³/mol. The highest BCUT2D eigenvalue weighted by molar-refractivity contribution is 6.11. The van der Waals surface area contributed by atoms with E-state index in [0.29, 0.717) is 0 Å². The molecule has 0 aliphatic rings. The number of rotatable bonds is 6. The van der Waals surface area contributed by atoms with Gasteiger partial charge in [0.05, 0.1) is 0 Å². The van der Waals surface area contributed by atoms with Crippen molar-refractivity contribution in [3.8, 4) is 11.1 Å². The van der Waals surface area contributed by atoms with Crippen LogP contribution in [0.15, 0.2) is 151 Å². The van der Waals surface area contributed by atoms with Gasteiger partial charge in [0, 0.05) is 5.57 Å². The van der Waals surface area contributed by atoms with Crippen LogP contribution in [0.5, 0.6) is 0 Å². The van der Waals surface area contributed by atoms with Gasteiger partial charge in [0.1, 0.15) is 0 Å². The molecule has 0 spiro atoms. The Bertz CT molecular complexity index is 1450. The minimum Gasteiger partial charge on any atom is -0.111 e. The summed E-state index contributed by atoms with van der Waals surface area (Å²) in [5, 5.41) is 0. The van der Waals surface area contributed by atoms with Gasteiger partial charge in [0.15, 0.2) is 0 Å². The molecule has 0 bridgehead atoms. The second kappa shape index (κ2) is 11.0. The Morgan fingerprint density at radius 2 is 0.914 bits per heavy atom. The van der Waals surface area contributed by atoms with Crippen molar-refractivity contribution in [1.29, 1.82) is 0 Å². The highest BCUT2D eigenvalue weighted by Gasteiger charge is 2.10. The Morgan fingerprint density at radius 1 is 0.429 bits per heavy atom. The molecule has 0 aromatic heterocycles. The highest BCUT2D eigenvalue weighted by atomic mass is 14.1. The average molecular weight is 447 g/mol. The van der Waals surface area contributed by atoms with Gasteiger partial charge in [-0.25, -0.2) is 0 Å². The van der Waals surface area contributed by atoms with Crippen molar-refractivity contribution in [2.75, 3.05) is 0 Å². The monoisotopic (exact) mass is 446 g/mol. The van der Waals surface area contributed by atoms with Crippen molar-refractivity contribution in [3.05, 3.63) is 174 Å². The molecule has 166 valence electrons. The third-order valence-corrected chi connectivity index (χ3v) is 5.93. The molecule has 0 N–H and O–H groups in total. The SMILES string of the molecule is C(=Cc1ccc(-c2ccccc2)cc1)=C(/C(=C\c1ccccc1)c1ccccc1)c1ccccc1. The van der Waals surface area contributed by atoms with Crippen LogP contribution in [0.1, 0.15) is 22.3 Å². The molecule has 0 atom stereocenters. The molecule has 0 heteroatoms. The van der Waals surface area contributed by atoms with E-state index in [2.05, 4.69) is 151 Å². The van der Waals surface area contributed by atoms with Gasteiger partial charge < -0.3 is 0 Å². The lowest BCUT2D eigenvalue weighted by Gasteiger charge is -2.12. The normalized spacial score (nSPS) is 10.9. The zero-order chi connectivity index (χ0) is 23.7. The van der Waals surface area contributed by atoms with Gasteiger partial charge in [-0.15, -0.1) is 5.73 Å². The molecule has 0 heterocycles. The van der Waals surface area contributed by atoms with Crippen LogP contribution in [0.2, 0.25) is 0 Å². The molecule has 0 fully saturated rings. The van der Waals surface area contributed by atoms with E-state index in [1.54, 1.807) is 0 Å². The lowest BCUT2D eigenvalue weighted by atomic mass is 9.91. The third kappa shape index (κ3) is 5.65. The van der Waals surface area contributed by atoms with Crippen molar-refractivity contribution in [2.45, 2.75) is 0 Å². The maximum atomic E-state index is 3.65. The van der Waals surface area contributed by atoms with Crippen LogP contribution in [-0.4, -0.2) is 0 Å². The first kappa shape index (κ1) is 22.2. The van der Waals surface area contributed by atoms with Crippen LogP contribution in [0.25, 0.3) is 34.4 Å². The lowest BCUT2D eigenvalue weighted by molar-refractivity contribution is 1.58. The standard InChI is InChI=1S/C35H26/c1-5-13-29(14-6-1)27-35(33-19-11-4-12-20-33)34(32-17-9-3-10-18-32)26-23-28-21-24-31(25-22-28)30-15-7-2-8-16-30/h1-25,27H/b35-27-. The smallest absolute Gasteiger partial charge is 0.0315 e. The summed E-state index contributed by atoms with van der Waals surface area (Å²) in [5.41, 5.74) is 12.9. The van der Waals surface area contributed by atoms with E-state index in [9.17, 15) is 0 Å². The molecule has 0 aliphatic carbocycles. The quantitative estimate of drug-likeness (QED) is 0.138. The lowest BCUT2D eigenvalue weighted by Crippen LogP contribution is -1.90. The average Bonchev–Trinajstić information content (AvgIpc) is 2.95. The van der Waals surface area contributed by atoms with Gasteiger partial charge >= 0.3 is 0 Å². The van der Waals surface area contributed by atoms with Crippen LogP contribution in [-0.2, 0) is 0 Å². The Hall–Kier alpha value is -4.64. The van der Waals surface area contributed by atoms with E-state index >= 15 is 0 Å². The van der Waals surface area contributed by atoms with E-state index in [1.807, 2.05) is 12.1 Å². The molecule has 0 radical (unpaired) electrons. The molecule has 5 aromatic carbocycles. The second-order valence-electron chi connectivity index (χ2n) is 8.35. The van der Waals surface area contributed by atoms with Crippen molar-refractivity contribution in [3.63, 3.8) is 0 Å². The summed E-state index contributed by atoms with van der Waals surface area (Å²) in [5.74, 6) is 0. The summed E-state index contributed by atoms with van der Waals surface area (Å²) in [4.78, 5) is 0. The summed E-state index contributed by atoms with van der Waals surface area (Å²) >= 11 is 0. The van der Waals surface area contributed by atoms with Gasteiger partial charge in [0.25, 0.3) is 0 Å². The van der Waals surface area contributed by atoms with Crippen molar-refractivity contribution >= 4 is 23.3 Å². The summed E-state index contributed by atoms with van der Waals surface area (Å²) in [6.07, 6.45) is 4.33. The Kier molecular flexibility index (Phi) is 6.96. The van der Waals surface area contributed by atoms with Crippen LogP contribution in [0, 0.1) is 0 Å². The first-order valence-corrected chi connectivity index (χ1v) is 11.9. The van der Waals surface area contributed by atoms with E-state index in [-0.39, 0.29) is 0 Å². The molecule has 5 aromatic rings. The van der Waals surface area contributed by atoms with Crippen LogP contribution < -0.4 is 0 Å². The van der Waals surface area contributed by atoms with Gasteiger partial charge in [-0.1, -0.05) is 146 Å². The van der Waals surface area contributed by atoms with E-state index in [0.717, 1.165) is 33.4 Å². The number of hydrogen-bond acceptors (Lipinski definition) is 0. The fraction of sp³-hybridized carbons (Fsp3) is 0. The zero-order valence-electron chi connectivity index (χ0n) is 19.5.